The summed E-state index contributed by atoms with van der Waals surface area (Å²) in [5, 5.41) is 5.00. The van der Waals surface area contributed by atoms with Crippen LogP contribution in [-0.4, -0.2) is 71.3 Å². The van der Waals surface area contributed by atoms with Gasteiger partial charge in [-0.3, -0.25) is 4.79 Å². The number of rotatable bonds is 1. The van der Waals surface area contributed by atoms with Crippen molar-refractivity contribution in [2.24, 2.45) is 5.73 Å². The average Bonchev–Trinajstić information content (AvgIpc) is 3.53. The molecule has 0 saturated carbocycles. The number of halogens is 1. The van der Waals surface area contributed by atoms with Gasteiger partial charge in [-0.2, -0.15) is 9.61 Å². The van der Waals surface area contributed by atoms with E-state index >= 15 is 0 Å². The van der Waals surface area contributed by atoms with E-state index in [4.69, 9.17) is 20.6 Å². The lowest BCUT2D eigenvalue weighted by atomic mass is 9.98. The number of anilines is 2. The van der Waals surface area contributed by atoms with Crippen LogP contribution in [0.3, 0.4) is 0 Å². The number of piperidine rings is 1. The number of carbonyl (C=O) groups is 1. The van der Waals surface area contributed by atoms with E-state index in [0.29, 0.717) is 18.9 Å². The Morgan fingerprint density at radius 2 is 1.92 bits per heavy atom. The van der Waals surface area contributed by atoms with Crippen molar-refractivity contribution >= 4 is 23.2 Å². The first-order chi connectivity index (χ1) is 18.0. The highest BCUT2D eigenvalue weighted by Gasteiger charge is 2.33. The van der Waals surface area contributed by atoms with E-state index < -0.39 is 5.82 Å². The normalized spacial score (nSPS) is 23.0. The lowest BCUT2D eigenvalue weighted by molar-refractivity contribution is 0.0601. The molecule has 3 aliphatic heterocycles. The van der Waals surface area contributed by atoms with Gasteiger partial charge in [-0.15, -0.1) is 0 Å². The summed E-state index contributed by atoms with van der Waals surface area (Å²) in [7, 11) is 2.07. The molecule has 2 atom stereocenters. The van der Waals surface area contributed by atoms with Crippen LogP contribution in [0, 0.1) is 5.82 Å². The van der Waals surface area contributed by atoms with Gasteiger partial charge in [-0.05, 0) is 56.7 Å². The van der Waals surface area contributed by atoms with E-state index in [2.05, 4.69) is 22.9 Å². The highest BCUT2D eigenvalue weighted by atomic mass is 19.1. The van der Waals surface area contributed by atoms with Crippen molar-refractivity contribution < 1.29 is 13.9 Å². The van der Waals surface area contributed by atoms with Crippen LogP contribution in [-0.2, 0) is 0 Å². The first-order valence-electron chi connectivity index (χ1n) is 13.3. The monoisotopic (exact) mass is 507 g/mol. The van der Waals surface area contributed by atoms with Gasteiger partial charge in [-0.25, -0.2) is 9.37 Å². The van der Waals surface area contributed by atoms with Crippen molar-refractivity contribution in [1.82, 2.24) is 19.5 Å². The van der Waals surface area contributed by atoms with Crippen LogP contribution in [0.5, 0.6) is 5.75 Å². The van der Waals surface area contributed by atoms with Crippen LogP contribution in [0.1, 0.15) is 60.6 Å². The highest BCUT2D eigenvalue weighted by molar-refractivity contribution is 5.97. The minimum Gasteiger partial charge on any atom is -0.493 e. The summed E-state index contributed by atoms with van der Waals surface area (Å²) < 4.78 is 22.2. The molecule has 1 amide bonds. The van der Waals surface area contributed by atoms with Crippen molar-refractivity contribution in [2.75, 3.05) is 49.6 Å². The molecular weight excluding hydrogens is 473 g/mol. The predicted molar refractivity (Wildman–Crippen MR) is 140 cm³/mol. The number of benzene rings is 1. The standard InChI is InChI=1S/C27H34FN7O2/c1-32-10-4-5-13-37-23-8-7-18(28)14-20(23)27(36)34-11-3-2-6-22(34)21-15-25-30-24(16-26(32)35(25)31-21)33-12-9-19(29)17-33/h7-8,14-16,19,22H,2-6,9-13,17,29H2,1H3/t19-,22?/m0/s1. The first kappa shape index (κ1) is 24.0. The minimum absolute atomic E-state index is 0.153. The second kappa shape index (κ2) is 9.81. The Kier molecular flexibility index (Phi) is 6.36. The first-order valence-corrected chi connectivity index (χ1v) is 13.3. The van der Waals surface area contributed by atoms with Crippen molar-refractivity contribution in [1.29, 1.82) is 0 Å². The minimum atomic E-state index is -0.445. The van der Waals surface area contributed by atoms with Gasteiger partial charge < -0.3 is 25.2 Å². The molecule has 2 bridgehead atoms. The van der Waals surface area contributed by atoms with Gasteiger partial charge in [0.2, 0.25) is 0 Å². The molecule has 0 spiro atoms. The molecule has 0 radical (unpaired) electrons. The summed E-state index contributed by atoms with van der Waals surface area (Å²) in [4.78, 5) is 25.0. The van der Waals surface area contributed by atoms with E-state index in [1.54, 1.807) is 6.07 Å². The molecular formula is C27H34FN7O2. The van der Waals surface area contributed by atoms with Crippen LogP contribution in [0.4, 0.5) is 16.0 Å². The number of nitrogens with zero attached hydrogens (tertiary/aromatic N) is 6. The zero-order valence-electron chi connectivity index (χ0n) is 21.3. The van der Waals surface area contributed by atoms with Gasteiger partial charge in [0.1, 0.15) is 23.2 Å². The van der Waals surface area contributed by atoms with Gasteiger partial charge >= 0.3 is 0 Å². The average molecular weight is 508 g/mol. The second-order valence-corrected chi connectivity index (χ2v) is 10.4. The maximum Gasteiger partial charge on any atom is 0.258 e. The molecule has 196 valence electrons. The summed E-state index contributed by atoms with van der Waals surface area (Å²) in [6.45, 7) is 3.52. The van der Waals surface area contributed by atoms with Crippen LogP contribution >= 0.6 is 0 Å². The van der Waals surface area contributed by atoms with Crippen molar-refractivity contribution in [3.8, 4) is 5.75 Å². The van der Waals surface area contributed by atoms with E-state index in [1.807, 2.05) is 15.5 Å². The Morgan fingerprint density at radius 3 is 2.76 bits per heavy atom. The maximum atomic E-state index is 14.2. The summed E-state index contributed by atoms with van der Waals surface area (Å²) >= 11 is 0. The van der Waals surface area contributed by atoms with Crippen molar-refractivity contribution in [2.45, 2.75) is 50.6 Å². The van der Waals surface area contributed by atoms with Gasteiger partial charge in [0, 0.05) is 51.4 Å². The third kappa shape index (κ3) is 4.58. The van der Waals surface area contributed by atoms with Crippen LogP contribution in [0.2, 0.25) is 0 Å². The number of aromatic nitrogens is 3. The molecule has 2 saturated heterocycles. The number of amides is 1. The third-order valence-electron chi connectivity index (χ3n) is 7.78. The zero-order chi connectivity index (χ0) is 25.5. The smallest absolute Gasteiger partial charge is 0.258 e. The van der Waals surface area contributed by atoms with Crippen molar-refractivity contribution in [3.63, 3.8) is 0 Å². The second-order valence-electron chi connectivity index (χ2n) is 10.4. The summed E-state index contributed by atoms with van der Waals surface area (Å²) in [5.41, 5.74) is 8.03. The molecule has 10 heteroatoms. The van der Waals surface area contributed by atoms with E-state index in [-0.39, 0.29) is 23.6 Å². The molecule has 5 heterocycles. The lowest BCUT2D eigenvalue weighted by Crippen LogP contribution is -2.39. The Hall–Kier alpha value is -3.40. The lowest BCUT2D eigenvalue weighted by Gasteiger charge is -2.35. The Labute approximate surface area is 216 Å². The van der Waals surface area contributed by atoms with E-state index in [1.165, 1.54) is 12.1 Å². The SMILES string of the molecule is CN1CCCCOc2ccc(F)cc2C(=O)N2CCCCC2c2cc3nc(N4CC[C@H](N)C4)cc1n3n2. The van der Waals surface area contributed by atoms with Crippen molar-refractivity contribution in [3.05, 3.63) is 47.4 Å². The quantitative estimate of drug-likeness (QED) is 0.540. The van der Waals surface area contributed by atoms with E-state index in [0.717, 1.165) is 81.1 Å². The van der Waals surface area contributed by atoms with Gasteiger partial charge in [-0.1, -0.05) is 0 Å². The Morgan fingerprint density at radius 1 is 1.05 bits per heavy atom. The topological polar surface area (TPSA) is 92.2 Å². The van der Waals surface area contributed by atoms with Gasteiger partial charge in [0.15, 0.2) is 5.65 Å². The highest BCUT2D eigenvalue weighted by Crippen LogP contribution is 2.35. The molecule has 2 fully saturated rings. The number of carbonyl (C=O) groups excluding carboxylic acids is 1. The molecule has 37 heavy (non-hydrogen) atoms. The number of ether oxygens (including phenoxy) is 1. The molecule has 6 rings (SSSR count). The number of fused-ring (bicyclic) bond motifs is 4. The van der Waals surface area contributed by atoms with Gasteiger partial charge in [0.05, 0.1) is 23.9 Å². The Balaban J connectivity index is 1.46. The molecule has 9 nitrogen and oxygen atoms in total. The Bertz CT molecular complexity index is 1310. The molecule has 3 aliphatic rings. The molecule has 1 unspecified atom stereocenters. The van der Waals surface area contributed by atoms with Crippen LogP contribution < -0.4 is 20.3 Å². The molecule has 1 aromatic carbocycles. The molecule has 2 N–H and O–H groups in total. The number of hydrogen-bond acceptors (Lipinski definition) is 7. The van der Waals surface area contributed by atoms with E-state index in [9.17, 15) is 9.18 Å². The third-order valence-corrected chi connectivity index (χ3v) is 7.78. The zero-order valence-corrected chi connectivity index (χ0v) is 21.3. The summed E-state index contributed by atoms with van der Waals surface area (Å²) in [6.07, 6.45) is 5.31. The maximum absolute atomic E-state index is 14.2. The van der Waals surface area contributed by atoms with Crippen LogP contribution in [0.15, 0.2) is 30.3 Å². The molecule has 0 aliphatic carbocycles. The molecule has 2 aromatic heterocycles. The predicted octanol–water partition coefficient (Wildman–Crippen LogP) is 3.38. The summed E-state index contributed by atoms with van der Waals surface area (Å²) in [5.74, 6) is 1.63. The fourth-order valence-corrected chi connectivity index (χ4v) is 5.74. The largest absolute Gasteiger partial charge is 0.493 e. The fourth-order valence-electron chi connectivity index (χ4n) is 5.74. The summed E-state index contributed by atoms with van der Waals surface area (Å²) in [6, 6.07) is 8.25. The molecule has 3 aromatic rings. The fraction of sp³-hybridized carbons (Fsp3) is 0.519. The number of nitrogens with two attached hydrogens (primary N) is 1. The number of hydrogen-bond donors (Lipinski definition) is 1. The van der Waals surface area contributed by atoms with Gasteiger partial charge in [0.25, 0.3) is 5.91 Å². The van der Waals surface area contributed by atoms with Crippen LogP contribution in [0.25, 0.3) is 5.65 Å².